The number of fused-ring (bicyclic) bond motifs is 1. The Balaban J connectivity index is 1.66. The van der Waals surface area contributed by atoms with Crippen LogP contribution in [0, 0.1) is 5.92 Å². The van der Waals surface area contributed by atoms with E-state index in [0.717, 1.165) is 0 Å². The minimum Gasteiger partial charge on any atom is -0.493 e. The molecule has 1 aliphatic rings. The predicted molar refractivity (Wildman–Crippen MR) is 118 cm³/mol. The molecule has 0 aromatic heterocycles. The Kier molecular flexibility index (Phi) is 6.69. The number of ether oxygens (including phenoxy) is 3. The Labute approximate surface area is 181 Å². The highest BCUT2D eigenvalue weighted by Crippen LogP contribution is 2.40. The largest absolute Gasteiger partial charge is 0.493 e. The normalized spacial score (nSPS) is 15.0. The third-order valence-electron chi connectivity index (χ3n) is 4.70. The summed E-state index contributed by atoms with van der Waals surface area (Å²) in [5, 5.41) is 5.85. The molecule has 2 aromatic rings. The molecule has 0 aliphatic carbocycles. The van der Waals surface area contributed by atoms with Crippen molar-refractivity contribution in [2.45, 2.75) is 24.7 Å². The summed E-state index contributed by atoms with van der Waals surface area (Å²) in [4.78, 5) is 12.7. The van der Waals surface area contributed by atoms with Crippen molar-refractivity contribution in [3.63, 3.8) is 0 Å². The van der Waals surface area contributed by atoms with E-state index >= 15 is 0 Å². The molecule has 2 N–H and O–H groups in total. The fourth-order valence-electron chi connectivity index (χ4n) is 3.34. The smallest absolute Gasteiger partial charge is 0.286 e. The Morgan fingerprint density at radius 2 is 1.74 bits per heavy atom. The SMILES string of the molecule is COc1cc(NC(=O)C[C@@H](C)CC2=NS(=O)(=O)c3ccccc3N2)cc(OC)c1OC. The van der Waals surface area contributed by atoms with Crippen molar-refractivity contribution in [1.82, 2.24) is 0 Å². The van der Waals surface area contributed by atoms with Crippen molar-refractivity contribution in [2.24, 2.45) is 10.3 Å². The van der Waals surface area contributed by atoms with Gasteiger partial charge in [0.25, 0.3) is 10.0 Å². The van der Waals surface area contributed by atoms with Crippen LogP contribution in [0.2, 0.25) is 0 Å². The van der Waals surface area contributed by atoms with Gasteiger partial charge in [0.05, 0.1) is 27.0 Å². The maximum atomic E-state index is 12.5. The van der Waals surface area contributed by atoms with Gasteiger partial charge in [-0.2, -0.15) is 8.42 Å². The topological polar surface area (TPSA) is 115 Å². The summed E-state index contributed by atoms with van der Waals surface area (Å²) >= 11 is 0. The number of nitrogens with zero attached hydrogens (tertiary/aromatic N) is 1. The van der Waals surface area contributed by atoms with E-state index in [2.05, 4.69) is 15.0 Å². The Bertz CT molecular complexity index is 1090. The third kappa shape index (κ3) is 5.08. The van der Waals surface area contributed by atoms with Crippen LogP contribution in [0.5, 0.6) is 17.2 Å². The Morgan fingerprint density at radius 1 is 1.10 bits per heavy atom. The first-order valence-electron chi connectivity index (χ1n) is 9.57. The van der Waals surface area contributed by atoms with Gasteiger partial charge in [0.2, 0.25) is 11.7 Å². The average molecular weight is 448 g/mol. The van der Waals surface area contributed by atoms with E-state index in [-0.39, 0.29) is 23.1 Å². The van der Waals surface area contributed by atoms with Crippen molar-refractivity contribution in [3.8, 4) is 17.2 Å². The van der Waals surface area contributed by atoms with E-state index < -0.39 is 10.0 Å². The molecular formula is C21H25N3O6S. The zero-order chi connectivity index (χ0) is 22.6. The number of methoxy groups -OCH3 is 3. The summed E-state index contributed by atoms with van der Waals surface area (Å²) in [6.07, 6.45) is 0.468. The van der Waals surface area contributed by atoms with Gasteiger partial charge in [-0.05, 0) is 18.1 Å². The molecule has 1 aliphatic heterocycles. The maximum absolute atomic E-state index is 12.5. The van der Waals surface area contributed by atoms with Gasteiger partial charge in [-0.15, -0.1) is 4.40 Å². The second-order valence-electron chi connectivity index (χ2n) is 7.11. The first-order chi connectivity index (χ1) is 14.8. The minimum absolute atomic E-state index is 0.145. The first-order valence-corrected chi connectivity index (χ1v) is 11.0. The van der Waals surface area contributed by atoms with Gasteiger partial charge < -0.3 is 24.8 Å². The van der Waals surface area contributed by atoms with Crippen LogP contribution in [0.3, 0.4) is 0 Å². The number of nitrogens with one attached hydrogen (secondary N) is 2. The molecule has 1 atom stereocenters. The quantitative estimate of drug-likeness (QED) is 0.638. The highest BCUT2D eigenvalue weighted by atomic mass is 32.2. The molecule has 1 heterocycles. The van der Waals surface area contributed by atoms with Gasteiger partial charge in [-0.1, -0.05) is 19.1 Å². The molecule has 2 aromatic carbocycles. The molecule has 9 nitrogen and oxygen atoms in total. The lowest BCUT2D eigenvalue weighted by atomic mass is 10.0. The molecule has 3 rings (SSSR count). The van der Waals surface area contributed by atoms with Crippen LogP contribution in [0.15, 0.2) is 45.7 Å². The molecule has 0 radical (unpaired) electrons. The van der Waals surface area contributed by atoms with E-state index in [9.17, 15) is 13.2 Å². The molecule has 31 heavy (non-hydrogen) atoms. The van der Waals surface area contributed by atoms with Gasteiger partial charge in [-0.25, -0.2) is 0 Å². The Morgan fingerprint density at radius 3 is 2.35 bits per heavy atom. The average Bonchev–Trinajstić information content (AvgIpc) is 2.72. The molecule has 0 bridgehead atoms. The highest BCUT2D eigenvalue weighted by Gasteiger charge is 2.25. The fraction of sp³-hybridized carbons (Fsp3) is 0.333. The van der Waals surface area contributed by atoms with Gasteiger partial charge in [0, 0.05) is 30.7 Å². The molecular weight excluding hydrogens is 422 g/mol. The lowest BCUT2D eigenvalue weighted by Gasteiger charge is -2.20. The van der Waals surface area contributed by atoms with Crippen LogP contribution >= 0.6 is 0 Å². The standard InChI is InChI=1S/C21H25N3O6S/c1-13(9-19-23-15-7-5-6-8-18(15)31(26,27)24-19)10-20(25)22-14-11-16(28-2)21(30-4)17(12-14)29-3/h5-8,11-13H,9-10H2,1-4H3,(H,22,25)(H,23,24)/t13-/m0/s1. The number of anilines is 2. The second kappa shape index (κ2) is 9.25. The van der Waals surface area contributed by atoms with Crippen LogP contribution in [-0.2, 0) is 14.8 Å². The predicted octanol–water partition coefficient (Wildman–Crippen LogP) is 3.28. The van der Waals surface area contributed by atoms with E-state index in [4.69, 9.17) is 14.2 Å². The number of rotatable bonds is 8. The molecule has 166 valence electrons. The minimum atomic E-state index is -3.75. The zero-order valence-corrected chi connectivity index (χ0v) is 18.6. The number of carbonyl (C=O) groups excluding carboxylic acids is 1. The maximum Gasteiger partial charge on any atom is 0.286 e. The monoisotopic (exact) mass is 447 g/mol. The number of amides is 1. The van der Waals surface area contributed by atoms with Crippen molar-refractivity contribution < 1.29 is 27.4 Å². The first kappa shape index (κ1) is 22.4. The van der Waals surface area contributed by atoms with E-state index in [1.165, 1.54) is 27.4 Å². The van der Waals surface area contributed by atoms with Gasteiger partial charge in [-0.3, -0.25) is 4.79 Å². The van der Waals surface area contributed by atoms with Crippen LogP contribution in [-0.4, -0.2) is 41.5 Å². The number of amidine groups is 1. The number of carbonyl (C=O) groups is 1. The number of sulfonamides is 1. The number of benzene rings is 2. The summed E-state index contributed by atoms with van der Waals surface area (Å²) in [6, 6.07) is 9.86. The molecule has 1 amide bonds. The molecule has 0 fully saturated rings. The summed E-state index contributed by atoms with van der Waals surface area (Å²) in [5.74, 6) is 1.20. The van der Waals surface area contributed by atoms with Gasteiger partial charge in [0.1, 0.15) is 10.7 Å². The zero-order valence-electron chi connectivity index (χ0n) is 17.8. The van der Waals surface area contributed by atoms with E-state index in [0.29, 0.717) is 40.9 Å². The molecule has 0 saturated carbocycles. The lowest BCUT2D eigenvalue weighted by Crippen LogP contribution is -2.25. The molecule has 0 saturated heterocycles. The van der Waals surface area contributed by atoms with Crippen LogP contribution in [0.1, 0.15) is 19.8 Å². The van der Waals surface area contributed by atoms with Crippen LogP contribution in [0.4, 0.5) is 11.4 Å². The van der Waals surface area contributed by atoms with Crippen molar-refractivity contribution in [1.29, 1.82) is 0 Å². The second-order valence-corrected chi connectivity index (χ2v) is 8.68. The third-order valence-corrected chi connectivity index (χ3v) is 6.07. The summed E-state index contributed by atoms with van der Waals surface area (Å²) in [7, 11) is 0.740. The number of hydrogen-bond acceptors (Lipinski definition) is 7. The summed E-state index contributed by atoms with van der Waals surface area (Å²) in [6.45, 7) is 1.85. The lowest BCUT2D eigenvalue weighted by molar-refractivity contribution is -0.116. The summed E-state index contributed by atoms with van der Waals surface area (Å²) in [5.41, 5.74) is 0.984. The van der Waals surface area contributed by atoms with Crippen LogP contribution < -0.4 is 24.8 Å². The van der Waals surface area contributed by atoms with Crippen molar-refractivity contribution in [2.75, 3.05) is 32.0 Å². The van der Waals surface area contributed by atoms with Crippen molar-refractivity contribution in [3.05, 3.63) is 36.4 Å². The van der Waals surface area contributed by atoms with Crippen LogP contribution in [0.25, 0.3) is 0 Å². The highest BCUT2D eigenvalue weighted by molar-refractivity contribution is 7.90. The number of para-hydroxylation sites is 1. The molecule has 0 spiro atoms. The van der Waals surface area contributed by atoms with E-state index in [1.807, 2.05) is 6.92 Å². The fourth-order valence-corrected chi connectivity index (χ4v) is 4.50. The number of hydrogen-bond donors (Lipinski definition) is 2. The molecule has 10 heteroatoms. The summed E-state index contributed by atoms with van der Waals surface area (Å²) < 4.78 is 44.4. The molecule has 0 unspecified atom stereocenters. The van der Waals surface area contributed by atoms with Crippen molar-refractivity contribution >= 4 is 33.1 Å². The van der Waals surface area contributed by atoms with Gasteiger partial charge in [0.15, 0.2) is 11.5 Å². The van der Waals surface area contributed by atoms with E-state index in [1.54, 1.807) is 30.3 Å². The van der Waals surface area contributed by atoms with Gasteiger partial charge >= 0.3 is 0 Å². The Hall–Kier alpha value is -3.27.